The summed E-state index contributed by atoms with van der Waals surface area (Å²) in [5, 5.41) is 3.18. The number of fused-ring (bicyclic) bond motifs is 2. The van der Waals surface area contributed by atoms with Crippen LogP contribution in [0.4, 0.5) is 0 Å². The van der Waals surface area contributed by atoms with Crippen molar-refractivity contribution in [2.24, 2.45) is 11.8 Å². The van der Waals surface area contributed by atoms with Gasteiger partial charge in [0, 0.05) is 17.7 Å². The monoisotopic (exact) mass is 275 g/mol. The van der Waals surface area contributed by atoms with E-state index in [-0.39, 0.29) is 5.91 Å². The lowest BCUT2D eigenvalue weighted by Crippen LogP contribution is -2.38. The fraction of sp³-hybridized carbons (Fsp3) is 0.562. The molecule has 4 heteroatoms. The summed E-state index contributed by atoms with van der Waals surface area (Å²) in [4.78, 5) is 12.4. The third-order valence-electron chi connectivity index (χ3n) is 4.67. The molecule has 20 heavy (non-hydrogen) atoms. The van der Waals surface area contributed by atoms with E-state index in [2.05, 4.69) is 5.32 Å². The second-order valence-electron chi connectivity index (χ2n) is 5.86. The van der Waals surface area contributed by atoms with E-state index in [9.17, 15) is 4.79 Å². The van der Waals surface area contributed by atoms with Gasteiger partial charge in [-0.3, -0.25) is 4.79 Å². The smallest absolute Gasteiger partial charge is 0.251 e. The zero-order valence-corrected chi connectivity index (χ0v) is 12.0. The highest BCUT2D eigenvalue weighted by atomic mass is 16.5. The van der Waals surface area contributed by atoms with E-state index < -0.39 is 0 Å². The predicted molar refractivity (Wildman–Crippen MR) is 76.2 cm³/mol. The molecule has 4 nitrogen and oxygen atoms in total. The van der Waals surface area contributed by atoms with Gasteiger partial charge in [0.05, 0.1) is 14.2 Å². The SMILES string of the molecule is COc1cc(OC)cc(C(=O)N[C@H]2C[C@H]3CC[C@@H]2C3)c1. The van der Waals surface area contributed by atoms with Crippen LogP contribution in [0.5, 0.6) is 11.5 Å². The van der Waals surface area contributed by atoms with Gasteiger partial charge in [-0.05, 0) is 43.2 Å². The van der Waals surface area contributed by atoms with Gasteiger partial charge in [0.15, 0.2) is 0 Å². The second kappa shape index (κ2) is 5.35. The van der Waals surface area contributed by atoms with E-state index in [1.807, 2.05) is 0 Å². The zero-order valence-electron chi connectivity index (χ0n) is 12.0. The van der Waals surface area contributed by atoms with Crippen LogP contribution in [0.2, 0.25) is 0 Å². The summed E-state index contributed by atoms with van der Waals surface area (Å²) in [5.74, 6) is 2.76. The van der Waals surface area contributed by atoms with E-state index in [0.717, 1.165) is 12.3 Å². The minimum atomic E-state index is -0.0280. The maximum atomic E-state index is 12.4. The number of ether oxygens (including phenoxy) is 2. The molecule has 1 N–H and O–H groups in total. The normalized spacial score (nSPS) is 27.4. The largest absolute Gasteiger partial charge is 0.497 e. The number of carbonyl (C=O) groups excluding carboxylic acids is 1. The Morgan fingerprint density at radius 1 is 1.10 bits per heavy atom. The van der Waals surface area contributed by atoms with E-state index >= 15 is 0 Å². The van der Waals surface area contributed by atoms with Crippen molar-refractivity contribution in [1.82, 2.24) is 5.32 Å². The van der Waals surface area contributed by atoms with Gasteiger partial charge in [-0.2, -0.15) is 0 Å². The molecule has 1 aromatic rings. The Morgan fingerprint density at radius 3 is 2.30 bits per heavy atom. The number of methoxy groups -OCH3 is 2. The predicted octanol–water partition coefficient (Wildman–Crippen LogP) is 2.62. The first-order chi connectivity index (χ1) is 9.69. The van der Waals surface area contributed by atoms with Gasteiger partial charge in [-0.25, -0.2) is 0 Å². The first-order valence-corrected chi connectivity index (χ1v) is 7.23. The fourth-order valence-electron chi connectivity index (χ4n) is 3.61. The molecule has 0 radical (unpaired) electrons. The Labute approximate surface area is 119 Å². The van der Waals surface area contributed by atoms with Gasteiger partial charge < -0.3 is 14.8 Å². The molecule has 3 atom stereocenters. The maximum Gasteiger partial charge on any atom is 0.251 e. The highest BCUT2D eigenvalue weighted by Gasteiger charge is 2.40. The molecule has 0 aliphatic heterocycles. The van der Waals surface area contributed by atoms with Crippen LogP contribution in [-0.4, -0.2) is 26.2 Å². The summed E-state index contributed by atoms with van der Waals surface area (Å²) >= 11 is 0. The van der Waals surface area contributed by atoms with Crippen LogP contribution in [0.25, 0.3) is 0 Å². The highest BCUT2D eigenvalue weighted by molar-refractivity contribution is 5.95. The summed E-state index contributed by atoms with van der Waals surface area (Å²) in [7, 11) is 3.18. The van der Waals surface area contributed by atoms with Crippen molar-refractivity contribution in [2.75, 3.05) is 14.2 Å². The molecule has 0 unspecified atom stereocenters. The Hall–Kier alpha value is -1.71. The number of carbonyl (C=O) groups is 1. The first kappa shape index (κ1) is 13.3. The number of hydrogen-bond donors (Lipinski definition) is 1. The first-order valence-electron chi connectivity index (χ1n) is 7.23. The standard InChI is InChI=1S/C16H21NO3/c1-19-13-7-12(8-14(9-13)20-2)16(18)17-15-6-10-3-4-11(15)5-10/h7-11,15H,3-6H2,1-2H3,(H,17,18)/t10-,11+,15-/m0/s1. The third kappa shape index (κ3) is 2.47. The lowest BCUT2D eigenvalue weighted by Gasteiger charge is -2.23. The van der Waals surface area contributed by atoms with Crippen molar-refractivity contribution in [3.05, 3.63) is 23.8 Å². The van der Waals surface area contributed by atoms with Crippen molar-refractivity contribution in [2.45, 2.75) is 31.7 Å². The molecule has 1 aromatic carbocycles. The number of benzene rings is 1. The van der Waals surface area contributed by atoms with Crippen molar-refractivity contribution in [3.63, 3.8) is 0 Å². The molecule has 2 saturated carbocycles. The van der Waals surface area contributed by atoms with Gasteiger partial charge in [-0.1, -0.05) is 6.42 Å². The number of rotatable bonds is 4. The highest BCUT2D eigenvalue weighted by Crippen LogP contribution is 2.44. The summed E-state index contributed by atoms with van der Waals surface area (Å²) in [6.45, 7) is 0. The Morgan fingerprint density at radius 2 is 1.80 bits per heavy atom. The van der Waals surface area contributed by atoms with Gasteiger partial charge in [-0.15, -0.1) is 0 Å². The molecule has 108 valence electrons. The Balaban J connectivity index is 1.73. The quantitative estimate of drug-likeness (QED) is 0.919. The Bertz CT molecular complexity index is 492. The van der Waals surface area contributed by atoms with Gasteiger partial charge in [0.2, 0.25) is 0 Å². The van der Waals surface area contributed by atoms with E-state index in [1.165, 1.54) is 19.3 Å². The lowest BCUT2D eigenvalue weighted by molar-refractivity contribution is 0.0922. The molecule has 2 aliphatic rings. The third-order valence-corrected chi connectivity index (χ3v) is 4.67. The van der Waals surface area contributed by atoms with Crippen LogP contribution in [0, 0.1) is 11.8 Å². The minimum absolute atomic E-state index is 0.0280. The van der Waals surface area contributed by atoms with Crippen molar-refractivity contribution < 1.29 is 14.3 Å². The lowest BCUT2D eigenvalue weighted by atomic mass is 9.95. The van der Waals surface area contributed by atoms with E-state index in [1.54, 1.807) is 32.4 Å². The zero-order chi connectivity index (χ0) is 14.1. The van der Waals surface area contributed by atoms with Gasteiger partial charge in [0.1, 0.15) is 11.5 Å². The second-order valence-corrected chi connectivity index (χ2v) is 5.86. The minimum Gasteiger partial charge on any atom is -0.497 e. The van der Waals surface area contributed by atoms with Crippen LogP contribution in [0.15, 0.2) is 18.2 Å². The summed E-state index contributed by atoms with van der Waals surface area (Å²) in [5.41, 5.74) is 0.601. The molecule has 2 bridgehead atoms. The van der Waals surface area contributed by atoms with Crippen LogP contribution in [0.1, 0.15) is 36.0 Å². The number of amides is 1. The fourth-order valence-corrected chi connectivity index (χ4v) is 3.61. The average molecular weight is 275 g/mol. The van der Waals surface area contributed by atoms with Crippen molar-refractivity contribution in [1.29, 1.82) is 0 Å². The average Bonchev–Trinajstić information content (AvgIpc) is 3.09. The molecular formula is C16H21NO3. The van der Waals surface area contributed by atoms with Gasteiger partial charge >= 0.3 is 0 Å². The van der Waals surface area contributed by atoms with Crippen molar-refractivity contribution >= 4 is 5.91 Å². The number of hydrogen-bond acceptors (Lipinski definition) is 3. The van der Waals surface area contributed by atoms with Gasteiger partial charge in [0.25, 0.3) is 5.91 Å². The summed E-state index contributed by atoms with van der Waals surface area (Å²) < 4.78 is 10.4. The summed E-state index contributed by atoms with van der Waals surface area (Å²) in [6, 6.07) is 5.63. The maximum absolute atomic E-state index is 12.4. The van der Waals surface area contributed by atoms with Crippen LogP contribution >= 0.6 is 0 Å². The van der Waals surface area contributed by atoms with Crippen LogP contribution in [-0.2, 0) is 0 Å². The topological polar surface area (TPSA) is 47.6 Å². The Kier molecular flexibility index (Phi) is 3.55. The molecule has 0 aromatic heterocycles. The van der Waals surface area contributed by atoms with Crippen molar-refractivity contribution in [3.8, 4) is 11.5 Å². The van der Waals surface area contributed by atoms with E-state index in [0.29, 0.717) is 29.0 Å². The molecule has 0 heterocycles. The van der Waals surface area contributed by atoms with Crippen LogP contribution in [0.3, 0.4) is 0 Å². The molecule has 1 amide bonds. The summed E-state index contributed by atoms with van der Waals surface area (Å²) in [6.07, 6.45) is 5.02. The molecule has 0 spiro atoms. The molecular weight excluding hydrogens is 254 g/mol. The molecule has 2 fully saturated rings. The molecule has 2 aliphatic carbocycles. The van der Waals surface area contributed by atoms with E-state index in [4.69, 9.17) is 9.47 Å². The number of nitrogens with one attached hydrogen (secondary N) is 1. The molecule has 3 rings (SSSR count). The molecule has 0 saturated heterocycles. The van der Waals surface area contributed by atoms with Crippen LogP contribution < -0.4 is 14.8 Å².